The van der Waals surface area contributed by atoms with E-state index in [0.717, 1.165) is 48.4 Å². The molecule has 37 heavy (non-hydrogen) atoms. The number of ketones is 1. The van der Waals surface area contributed by atoms with Crippen molar-refractivity contribution in [2.75, 3.05) is 13.1 Å². The van der Waals surface area contributed by atoms with Crippen LogP contribution >= 0.6 is 0 Å². The lowest BCUT2D eigenvalue weighted by Crippen LogP contribution is -2.28. The van der Waals surface area contributed by atoms with Crippen molar-refractivity contribution in [1.29, 1.82) is 0 Å². The van der Waals surface area contributed by atoms with Crippen LogP contribution in [0.15, 0.2) is 28.8 Å². The number of nitrogens with zero attached hydrogens (tertiary/aromatic N) is 5. The zero-order chi connectivity index (χ0) is 26.3. The first kappa shape index (κ1) is 25.4. The lowest BCUT2D eigenvalue weighted by Gasteiger charge is -2.18. The number of benzene rings is 1. The predicted octanol–water partition coefficient (Wildman–Crippen LogP) is 4.85. The molecule has 5 rings (SSSR count). The van der Waals surface area contributed by atoms with Crippen molar-refractivity contribution >= 4 is 11.7 Å². The quantitative estimate of drug-likeness (QED) is 0.414. The van der Waals surface area contributed by atoms with Crippen LogP contribution in [0.25, 0.3) is 11.5 Å². The minimum atomic E-state index is -0.321. The van der Waals surface area contributed by atoms with Crippen LogP contribution in [-0.4, -0.2) is 49.6 Å². The van der Waals surface area contributed by atoms with Crippen LogP contribution in [0.4, 0.5) is 0 Å². The van der Waals surface area contributed by atoms with Crippen molar-refractivity contribution in [3.63, 3.8) is 0 Å². The van der Waals surface area contributed by atoms with E-state index in [1.165, 1.54) is 5.56 Å². The molecule has 8 nitrogen and oxygen atoms in total. The van der Waals surface area contributed by atoms with E-state index in [4.69, 9.17) is 4.52 Å². The zero-order valence-corrected chi connectivity index (χ0v) is 22.5. The van der Waals surface area contributed by atoms with Gasteiger partial charge in [0.2, 0.25) is 5.91 Å². The Labute approximate surface area is 218 Å². The van der Waals surface area contributed by atoms with Crippen molar-refractivity contribution in [1.82, 2.24) is 24.8 Å². The van der Waals surface area contributed by atoms with Crippen LogP contribution in [0.3, 0.4) is 0 Å². The number of amides is 1. The Bertz CT molecular complexity index is 1300. The van der Waals surface area contributed by atoms with Crippen LogP contribution in [0.1, 0.15) is 80.3 Å². The average molecular weight is 504 g/mol. The summed E-state index contributed by atoms with van der Waals surface area (Å²) in [5.74, 6) is 2.52. The molecule has 3 aromatic rings. The number of rotatable bonds is 9. The summed E-state index contributed by atoms with van der Waals surface area (Å²) >= 11 is 0. The first-order chi connectivity index (χ1) is 17.7. The maximum absolute atomic E-state index is 13.7. The van der Waals surface area contributed by atoms with Gasteiger partial charge in [0.25, 0.3) is 0 Å². The molecule has 1 aromatic carbocycles. The summed E-state index contributed by atoms with van der Waals surface area (Å²) in [4.78, 5) is 27.8. The van der Waals surface area contributed by atoms with Gasteiger partial charge in [-0.25, -0.2) is 0 Å². The molecule has 0 radical (unpaired) electrons. The number of aromatic nitrogens is 4. The van der Waals surface area contributed by atoms with E-state index in [1.807, 2.05) is 25.1 Å². The Kier molecular flexibility index (Phi) is 7.01. The first-order valence-electron chi connectivity index (χ1n) is 13.5. The maximum atomic E-state index is 13.7. The van der Waals surface area contributed by atoms with E-state index in [9.17, 15) is 9.59 Å². The number of hydrogen-bond acceptors (Lipinski definition) is 6. The third kappa shape index (κ3) is 5.38. The maximum Gasteiger partial charge on any atom is 0.219 e. The van der Waals surface area contributed by atoms with Crippen molar-refractivity contribution in [3.8, 4) is 11.5 Å². The molecule has 0 unspecified atom stereocenters. The van der Waals surface area contributed by atoms with Crippen molar-refractivity contribution < 1.29 is 14.1 Å². The lowest BCUT2D eigenvalue weighted by atomic mass is 9.87. The molecule has 1 aliphatic carbocycles. The minimum absolute atomic E-state index is 0.0178. The largest absolute Gasteiger partial charge is 0.361 e. The number of likely N-dealkylation sites (tertiary alicyclic amines) is 1. The van der Waals surface area contributed by atoms with E-state index in [1.54, 1.807) is 11.8 Å². The second kappa shape index (κ2) is 10.2. The first-order valence-corrected chi connectivity index (χ1v) is 13.5. The molecule has 1 aliphatic heterocycles. The Morgan fingerprint density at radius 2 is 1.89 bits per heavy atom. The molecule has 196 valence electrons. The summed E-state index contributed by atoms with van der Waals surface area (Å²) in [6, 6.07) is 8.46. The molecule has 0 bridgehead atoms. The standard InChI is InChI=1S/C29H37N5O3/c1-17(2)6-11-23-14-26(32-37-23)29-31-30-28(34(29)22-9-10-22)25-16-33(20(5)35)15-24(25)27(36)13-21-8-7-18(3)12-19(21)4/h7-8,12,14,17,22,24-25H,6,9-11,13,15-16H2,1-5H3/t24-,25-/m0/s1. The summed E-state index contributed by atoms with van der Waals surface area (Å²) < 4.78 is 7.78. The molecule has 0 spiro atoms. The normalized spacial score (nSPS) is 19.7. The lowest BCUT2D eigenvalue weighted by molar-refractivity contribution is -0.128. The van der Waals surface area contributed by atoms with Gasteiger partial charge in [0, 0.05) is 56.8 Å². The summed E-state index contributed by atoms with van der Waals surface area (Å²) in [5.41, 5.74) is 4.02. The van der Waals surface area contributed by atoms with Gasteiger partial charge in [-0.2, -0.15) is 0 Å². The van der Waals surface area contributed by atoms with E-state index < -0.39 is 0 Å². The highest BCUT2D eigenvalue weighted by Gasteiger charge is 2.44. The summed E-state index contributed by atoms with van der Waals surface area (Å²) in [6.07, 6.45) is 4.30. The summed E-state index contributed by atoms with van der Waals surface area (Å²) in [7, 11) is 0. The van der Waals surface area contributed by atoms with Gasteiger partial charge in [0.1, 0.15) is 17.4 Å². The van der Waals surface area contributed by atoms with Crippen LogP contribution in [0.5, 0.6) is 0 Å². The van der Waals surface area contributed by atoms with E-state index >= 15 is 0 Å². The fourth-order valence-electron chi connectivity index (χ4n) is 5.40. The monoisotopic (exact) mass is 503 g/mol. The van der Waals surface area contributed by atoms with Crippen molar-refractivity contribution in [2.24, 2.45) is 11.8 Å². The summed E-state index contributed by atoms with van der Waals surface area (Å²) in [5, 5.41) is 13.5. The van der Waals surface area contributed by atoms with Gasteiger partial charge in [-0.15, -0.1) is 10.2 Å². The van der Waals surface area contributed by atoms with Gasteiger partial charge < -0.3 is 14.0 Å². The van der Waals surface area contributed by atoms with Crippen LogP contribution in [0.2, 0.25) is 0 Å². The van der Waals surface area contributed by atoms with Crippen LogP contribution < -0.4 is 0 Å². The van der Waals surface area contributed by atoms with Crippen LogP contribution in [-0.2, 0) is 22.4 Å². The Morgan fingerprint density at radius 1 is 1.11 bits per heavy atom. The number of carbonyl (C=O) groups excluding carboxylic acids is 2. The van der Waals surface area contributed by atoms with Gasteiger partial charge in [-0.05, 0) is 50.2 Å². The van der Waals surface area contributed by atoms with E-state index in [-0.39, 0.29) is 29.6 Å². The van der Waals surface area contributed by atoms with Gasteiger partial charge in [-0.3, -0.25) is 9.59 Å². The van der Waals surface area contributed by atoms with Crippen molar-refractivity contribution in [2.45, 2.75) is 78.7 Å². The molecule has 1 saturated carbocycles. The minimum Gasteiger partial charge on any atom is -0.361 e. The van der Waals surface area contributed by atoms with Crippen molar-refractivity contribution in [3.05, 3.63) is 52.5 Å². The van der Waals surface area contributed by atoms with E-state index in [2.05, 4.69) is 46.8 Å². The fraction of sp³-hybridized carbons (Fsp3) is 0.552. The molecular weight excluding hydrogens is 466 g/mol. The third-order valence-electron chi connectivity index (χ3n) is 7.76. The smallest absolute Gasteiger partial charge is 0.219 e. The fourth-order valence-corrected chi connectivity index (χ4v) is 5.40. The molecule has 2 fully saturated rings. The molecule has 2 aromatic heterocycles. The number of Topliss-reactive ketones (excluding diaryl/α,β-unsaturated/α-hetero) is 1. The average Bonchev–Trinajstić information content (AvgIpc) is 3.23. The molecule has 8 heteroatoms. The predicted molar refractivity (Wildman–Crippen MR) is 140 cm³/mol. The topological polar surface area (TPSA) is 94.1 Å². The van der Waals surface area contributed by atoms with Gasteiger partial charge in [0.15, 0.2) is 11.5 Å². The van der Waals surface area contributed by atoms with Gasteiger partial charge in [-0.1, -0.05) is 42.8 Å². The second-order valence-corrected chi connectivity index (χ2v) is 11.3. The SMILES string of the molecule is CC(=O)N1C[C@H](C(=O)Cc2ccc(C)cc2C)[C@@H](c2nnc(-c3cc(CCC(C)C)on3)n2C2CC2)C1. The highest BCUT2D eigenvalue weighted by atomic mass is 16.5. The molecule has 0 N–H and O–H groups in total. The molecule has 2 atom stereocenters. The Hall–Kier alpha value is -3.29. The molecular formula is C29H37N5O3. The highest BCUT2D eigenvalue weighted by molar-refractivity contribution is 5.86. The Morgan fingerprint density at radius 3 is 2.57 bits per heavy atom. The van der Waals surface area contributed by atoms with Gasteiger partial charge >= 0.3 is 0 Å². The highest BCUT2D eigenvalue weighted by Crippen LogP contribution is 2.43. The number of hydrogen-bond donors (Lipinski definition) is 0. The van der Waals surface area contributed by atoms with Gasteiger partial charge in [0.05, 0.1) is 0 Å². The zero-order valence-electron chi connectivity index (χ0n) is 22.5. The third-order valence-corrected chi connectivity index (χ3v) is 7.76. The number of aryl methyl sites for hydroxylation is 3. The van der Waals surface area contributed by atoms with Crippen LogP contribution in [0, 0.1) is 25.7 Å². The molecule has 1 saturated heterocycles. The summed E-state index contributed by atoms with van der Waals surface area (Å²) in [6.45, 7) is 10.9. The Balaban J connectivity index is 1.45. The number of carbonyl (C=O) groups is 2. The molecule has 2 aliphatic rings. The van der Waals surface area contributed by atoms with E-state index in [0.29, 0.717) is 36.9 Å². The molecule has 1 amide bonds. The second-order valence-electron chi connectivity index (χ2n) is 11.3. The molecule has 3 heterocycles.